The fraction of sp³-hybridized carbons (Fsp3) is 0.640. The van der Waals surface area contributed by atoms with E-state index >= 15 is 0 Å². The number of ether oxygens (including phenoxy) is 4. The predicted molar refractivity (Wildman–Crippen MR) is 121 cm³/mol. The van der Waals surface area contributed by atoms with E-state index in [0.29, 0.717) is 12.3 Å². The van der Waals surface area contributed by atoms with E-state index in [2.05, 4.69) is 26.8 Å². The fourth-order valence-corrected chi connectivity index (χ4v) is 5.89. The summed E-state index contributed by atoms with van der Waals surface area (Å²) in [5.41, 5.74) is 1.11. The van der Waals surface area contributed by atoms with Crippen molar-refractivity contribution in [1.29, 1.82) is 0 Å². The molecular weight excluding hydrogens is 426 g/mol. The minimum Gasteiger partial charge on any atom is -0.428 e. The third-order valence-electron chi connectivity index (χ3n) is 7.88. The van der Waals surface area contributed by atoms with Gasteiger partial charge in [0.2, 0.25) is 0 Å². The SMILES string of the molecule is COC1C(OC(=O)Oc2ccc([N+](=O)[O-])cc2)CC[C@]2(CO2)C1[C@@]1(C)CC[C@@H]1CC=C(C)C. The predicted octanol–water partition coefficient (Wildman–Crippen LogP) is 5.45. The maximum absolute atomic E-state index is 12.5. The van der Waals surface area contributed by atoms with Gasteiger partial charge in [-0.2, -0.15) is 0 Å². The van der Waals surface area contributed by atoms with Crippen LogP contribution in [-0.2, 0) is 14.2 Å². The molecule has 0 N–H and O–H groups in total. The van der Waals surface area contributed by atoms with Crippen LogP contribution in [0.5, 0.6) is 5.75 Å². The Labute approximate surface area is 194 Å². The van der Waals surface area contributed by atoms with Crippen molar-refractivity contribution in [1.82, 2.24) is 0 Å². The summed E-state index contributed by atoms with van der Waals surface area (Å²) in [4.78, 5) is 22.9. The van der Waals surface area contributed by atoms with E-state index in [4.69, 9.17) is 18.9 Å². The molecule has 0 amide bonds. The Morgan fingerprint density at radius 2 is 1.94 bits per heavy atom. The molecule has 0 aromatic heterocycles. The van der Waals surface area contributed by atoms with E-state index in [9.17, 15) is 14.9 Å². The lowest BCUT2D eigenvalue weighted by Gasteiger charge is -2.58. The molecular formula is C25H33NO7. The van der Waals surface area contributed by atoms with Crippen LogP contribution in [0.3, 0.4) is 0 Å². The van der Waals surface area contributed by atoms with Gasteiger partial charge in [0.05, 0.1) is 17.1 Å². The number of nitro groups is 1. The third-order valence-corrected chi connectivity index (χ3v) is 7.88. The molecule has 1 aromatic rings. The Morgan fingerprint density at radius 1 is 1.24 bits per heavy atom. The van der Waals surface area contributed by atoms with Crippen LogP contribution in [0.4, 0.5) is 10.5 Å². The summed E-state index contributed by atoms with van der Waals surface area (Å²) < 4.78 is 23.0. The molecule has 2 saturated carbocycles. The number of rotatable bonds is 7. The number of benzene rings is 1. The van der Waals surface area contributed by atoms with Gasteiger partial charge < -0.3 is 18.9 Å². The Kier molecular flexibility index (Phi) is 6.51. The van der Waals surface area contributed by atoms with Gasteiger partial charge in [-0.15, -0.1) is 0 Å². The first-order valence-corrected chi connectivity index (χ1v) is 11.6. The molecule has 6 atom stereocenters. The van der Waals surface area contributed by atoms with Crippen LogP contribution in [0.15, 0.2) is 35.9 Å². The zero-order chi connectivity index (χ0) is 23.8. The van der Waals surface area contributed by atoms with E-state index in [1.54, 1.807) is 7.11 Å². The molecule has 1 heterocycles. The van der Waals surface area contributed by atoms with Crippen LogP contribution in [0.25, 0.3) is 0 Å². The second kappa shape index (κ2) is 9.06. The molecule has 1 spiro atoms. The molecule has 8 heteroatoms. The number of nitro benzene ring substituents is 1. The Morgan fingerprint density at radius 3 is 2.45 bits per heavy atom. The van der Waals surface area contributed by atoms with Crippen molar-refractivity contribution in [3.63, 3.8) is 0 Å². The molecule has 4 rings (SSSR count). The molecule has 0 radical (unpaired) electrons. The van der Waals surface area contributed by atoms with Gasteiger partial charge in [0.25, 0.3) is 5.69 Å². The topological polar surface area (TPSA) is 100 Å². The number of non-ortho nitro benzene ring substituents is 1. The molecule has 0 bridgehead atoms. The van der Waals surface area contributed by atoms with E-state index in [1.165, 1.54) is 36.3 Å². The standard InChI is InChI=1S/C25H33NO7/c1-16(2)5-6-17-11-13-24(17,3)22-21(30-4)20(12-14-25(22)15-31-25)33-23(27)32-19-9-7-18(8-10-19)26(28)29/h5,7-10,17,20-22H,6,11-15H2,1-4H3/t17-,20?,21?,22?,24-,25-/m0/s1. The smallest absolute Gasteiger partial charge is 0.428 e. The maximum Gasteiger partial charge on any atom is 0.514 e. The summed E-state index contributed by atoms with van der Waals surface area (Å²) in [6.07, 6.45) is 5.52. The highest BCUT2D eigenvalue weighted by molar-refractivity contribution is 5.64. The normalized spacial score (nSPS) is 34.8. The van der Waals surface area contributed by atoms with E-state index < -0.39 is 17.2 Å². The second-order valence-electron chi connectivity index (χ2n) is 10.1. The number of hydrogen-bond acceptors (Lipinski definition) is 7. The summed E-state index contributed by atoms with van der Waals surface area (Å²) in [7, 11) is 1.67. The summed E-state index contributed by atoms with van der Waals surface area (Å²) >= 11 is 0. The van der Waals surface area contributed by atoms with Crippen molar-refractivity contribution >= 4 is 11.8 Å². The van der Waals surface area contributed by atoms with Gasteiger partial charge in [0, 0.05) is 25.2 Å². The van der Waals surface area contributed by atoms with Crippen molar-refractivity contribution < 1.29 is 28.7 Å². The molecule has 180 valence electrons. The van der Waals surface area contributed by atoms with Gasteiger partial charge in [-0.1, -0.05) is 18.6 Å². The first-order valence-electron chi connectivity index (χ1n) is 11.6. The van der Waals surface area contributed by atoms with E-state index in [0.717, 1.165) is 25.9 Å². The lowest BCUT2D eigenvalue weighted by molar-refractivity contribution is -0.384. The van der Waals surface area contributed by atoms with Gasteiger partial charge in [-0.05, 0) is 69.4 Å². The molecule has 33 heavy (non-hydrogen) atoms. The summed E-state index contributed by atoms with van der Waals surface area (Å²) in [5, 5.41) is 10.8. The van der Waals surface area contributed by atoms with Crippen LogP contribution < -0.4 is 4.74 Å². The largest absolute Gasteiger partial charge is 0.514 e. The van der Waals surface area contributed by atoms with Crippen molar-refractivity contribution in [2.75, 3.05) is 13.7 Å². The maximum atomic E-state index is 12.5. The van der Waals surface area contributed by atoms with E-state index in [-0.39, 0.29) is 34.5 Å². The molecule has 1 aromatic carbocycles. The number of hydrogen-bond donors (Lipinski definition) is 0. The number of nitrogens with zero attached hydrogens (tertiary/aromatic N) is 1. The Hall–Kier alpha value is -2.45. The average Bonchev–Trinajstić information content (AvgIpc) is 3.53. The molecule has 2 aliphatic carbocycles. The number of methoxy groups -OCH3 is 1. The summed E-state index contributed by atoms with van der Waals surface area (Å²) in [6.45, 7) is 7.31. The van der Waals surface area contributed by atoms with E-state index in [1.807, 2.05) is 0 Å². The zero-order valence-electron chi connectivity index (χ0n) is 19.7. The summed E-state index contributed by atoms with van der Waals surface area (Å²) in [5.74, 6) is 0.869. The van der Waals surface area contributed by atoms with Crippen LogP contribution in [0.1, 0.15) is 52.9 Å². The lowest BCUT2D eigenvalue weighted by Crippen LogP contribution is -2.60. The van der Waals surface area contributed by atoms with Crippen LogP contribution >= 0.6 is 0 Å². The molecule has 3 aliphatic rings. The highest BCUT2D eigenvalue weighted by Crippen LogP contribution is 2.63. The van der Waals surface area contributed by atoms with Crippen LogP contribution in [-0.4, -0.2) is 42.6 Å². The quantitative estimate of drug-likeness (QED) is 0.134. The molecule has 3 unspecified atom stereocenters. The first-order chi connectivity index (χ1) is 15.7. The second-order valence-corrected chi connectivity index (χ2v) is 10.1. The lowest BCUT2D eigenvalue weighted by atomic mass is 9.48. The van der Waals surface area contributed by atoms with Gasteiger partial charge in [0.1, 0.15) is 18.0 Å². The van der Waals surface area contributed by atoms with Gasteiger partial charge in [-0.3, -0.25) is 10.1 Å². The van der Waals surface area contributed by atoms with Crippen molar-refractivity contribution in [2.24, 2.45) is 17.3 Å². The van der Waals surface area contributed by atoms with Crippen molar-refractivity contribution in [3.8, 4) is 5.75 Å². The monoisotopic (exact) mass is 459 g/mol. The van der Waals surface area contributed by atoms with Crippen LogP contribution in [0, 0.1) is 27.4 Å². The van der Waals surface area contributed by atoms with Crippen LogP contribution in [0.2, 0.25) is 0 Å². The minimum absolute atomic E-state index is 0.0490. The number of carbonyl (C=O) groups is 1. The highest BCUT2D eigenvalue weighted by Gasteiger charge is 2.67. The highest BCUT2D eigenvalue weighted by atomic mass is 16.7. The third kappa shape index (κ3) is 4.64. The number of allylic oxidation sites excluding steroid dienone is 2. The Balaban J connectivity index is 1.46. The minimum atomic E-state index is -0.831. The average molecular weight is 460 g/mol. The molecule has 3 fully saturated rings. The Bertz CT molecular complexity index is 919. The number of epoxide rings is 1. The fourth-order valence-electron chi connectivity index (χ4n) is 5.89. The zero-order valence-corrected chi connectivity index (χ0v) is 19.7. The van der Waals surface area contributed by atoms with Gasteiger partial charge in [0.15, 0.2) is 0 Å². The number of carbonyl (C=O) groups excluding carboxylic acids is 1. The first kappa shape index (κ1) is 23.7. The van der Waals surface area contributed by atoms with Gasteiger partial charge >= 0.3 is 6.16 Å². The molecule has 1 aliphatic heterocycles. The van der Waals surface area contributed by atoms with Gasteiger partial charge in [-0.25, -0.2) is 4.79 Å². The molecule has 8 nitrogen and oxygen atoms in total. The van der Waals surface area contributed by atoms with Crippen molar-refractivity contribution in [3.05, 3.63) is 46.0 Å². The molecule has 1 saturated heterocycles. The summed E-state index contributed by atoms with van der Waals surface area (Å²) in [6, 6.07) is 5.34. The van der Waals surface area contributed by atoms with Crippen molar-refractivity contribution in [2.45, 2.75) is 70.7 Å².